The third-order valence-electron chi connectivity index (χ3n) is 5.29. The van der Waals surface area contributed by atoms with E-state index in [1.807, 2.05) is 24.3 Å². The highest BCUT2D eigenvalue weighted by atomic mass is 16.5. The fourth-order valence-electron chi connectivity index (χ4n) is 3.42. The Morgan fingerprint density at radius 2 is 1.79 bits per heavy atom. The molecule has 2 aromatic carbocycles. The Morgan fingerprint density at radius 3 is 2.48 bits per heavy atom. The average Bonchev–Trinajstić information content (AvgIpc) is 2.70. The number of para-hydroxylation sites is 2. The van der Waals surface area contributed by atoms with E-state index in [4.69, 9.17) is 4.74 Å². The molecule has 1 N–H and O–H groups in total. The molecule has 0 bridgehead atoms. The molecule has 0 aliphatic carbocycles. The van der Waals surface area contributed by atoms with Crippen molar-refractivity contribution in [3.8, 4) is 5.75 Å². The largest absolute Gasteiger partial charge is 0.478 e. The Labute approximate surface area is 173 Å². The molecule has 2 amide bonds. The number of carbonyl (C=O) groups is 2. The van der Waals surface area contributed by atoms with Crippen LogP contribution >= 0.6 is 0 Å². The van der Waals surface area contributed by atoms with E-state index in [2.05, 4.69) is 50.4 Å². The van der Waals surface area contributed by atoms with Crippen LogP contribution in [0, 0.1) is 0 Å². The summed E-state index contributed by atoms with van der Waals surface area (Å²) >= 11 is 0. The molecule has 1 atom stereocenters. The van der Waals surface area contributed by atoms with Gasteiger partial charge in [0.1, 0.15) is 5.75 Å². The number of hydrogen-bond acceptors (Lipinski definition) is 3. The van der Waals surface area contributed by atoms with Crippen LogP contribution in [0.3, 0.4) is 0 Å². The second-order valence-corrected chi connectivity index (χ2v) is 8.56. The molecule has 154 valence electrons. The first-order valence-corrected chi connectivity index (χ1v) is 10.1. The summed E-state index contributed by atoms with van der Waals surface area (Å²) in [5, 5.41) is 2.91. The van der Waals surface area contributed by atoms with Crippen LogP contribution in [-0.2, 0) is 21.4 Å². The van der Waals surface area contributed by atoms with Crippen molar-refractivity contribution in [3.63, 3.8) is 0 Å². The minimum absolute atomic E-state index is 0.0121. The first-order valence-electron chi connectivity index (χ1n) is 10.1. The van der Waals surface area contributed by atoms with Gasteiger partial charge in [-0.1, -0.05) is 57.2 Å². The number of rotatable bonds is 6. The van der Waals surface area contributed by atoms with Crippen molar-refractivity contribution in [3.05, 3.63) is 59.7 Å². The Kier molecular flexibility index (Phi) is 6.26. The number of hydrogen-bond donors (Lipinski definition) is 1. The Balaban J connectivity index is 1.44. The zero-order chi connectivity index (χ0) is 21.0. The van der Waals surface area contributed by atoms with Crippen molar-refractivity contribution >= 4 is 17.5 Å². The third-order valence-corrected chi connectivity index (χ3v) is 5.29. The van der Waals surface area contributed by atoms with Crippen LogP contribution in [0.25, 0.3) is 0 Å². The average molecular weight is 395 g/mol. The maximum absolute atomic E-state index is 12.5. The molecule has 5 heteroatoms. The number of fused-ring (bicyclic) bond motifs is 1. The van der Waals surface area contributed by atoms with Gasteiger partial charge < -0.3 is 15.0 Å². The van der Waals surface area contributed by atoms with E-state index >= 15 is 0 Å². The number of nitrogens with zero attached hydrogens (tertiary/aromatic N) is 1. The number of amides is 2. The minimum atomic E-state index is -0.569. The molecule has 1 aliphatic heterocycles. The van der Waals surface area contributed by atoms with Crippen LogP contribution in [0.1, 0.15) is 44.7 Å². The second kappa shape index (κ2) is 8.68. The number of carbonyl (C=O) groups excluding carboxylic acids is 2. The van der Waals surface area contributed by atoms with Gasteiger partial charge in [0.15, 0.2) is 6.10 Å². The van der Waals surface area contributed by atoms with Crippen molar-refractivity contribution < 1.29 is 14.3 Å². The smallest absolute Gasteiger partial charge is 0.267 e. The van der Waals surface area contributed by atoms with Gasteiger partial charge in [0.2, 0.25) is 5.91 Å². The highest BCUT2D eigenvalue weighted by Crippen LogP contribution is 2.33. The molecule has 1 heterocycles. The molecule has 0 radical (unpaired) electrons. The summed E-state index contributed by atoms with van der Waals surface area (Å²) in [4.78, 5) is 26.3. The van der Waals surface area contributed by atoms with Crippen molar-refractivity contribution in [1.82, 2.24) is 5.32 Å². The lowest BCUT2D eigenvalue weighted by Crippen LogP contribution is -2.45. The van der Waals surface area contributed by atoms with Gasteiger partial charge in [0, 0.05) is 26.4 Å². The lowest BCUT2D eigenvalue weighted by atomic mass is 9.86. The molecule has 0 spiro atoms. The maximum Gasteiger partial charge on any atom is 0.267 e. The SMILES string of the molecule is CN1C(=O)C(CCNC(=O)CCc2ccc(C(C)(C)C)cc2)Oc2ccccc21. The van der Waals surface area contributed by atoms with E-state index in [1.54, 1.807) is 11.9 Å². The fourth-order valence-corrected chi connectivity index (χ4v) is 3.42. The normalized spacial score (nSPS) is 16.2. The number of nitrogens with one attached hydrogen (secondary N) is 1. The van der Waals surface area contributed by atoms with Gasteiger partial charge in [0.25, 0.3) is 5.91 Å². The summed E-state index contributed by atoms with van der Waals surface area (Å²) in [7, 11) is 1.75. The molecule has 0 fully saturated rings. The van der Waals surface area contributed by atoms with E-state index in [9.17, 15) is 9.59 Å². The summed E-state index contributed by atoms with van der Waals surface area (Å²) in [5.74, 6) is 0.600. The molecule has 2 aromatic rings. The predicted molar refractivity (Wildman–Crippen MR) is 115 cm³/mol. The van der Waals surface area contributed by atoms with Gasteiger partial charge >= 0.3 is 0 Å². The van der Waals surface area contributed by atoms with Gasteiger partial charge in [-0.25, -0.2) is 0 Å². The van der Waals surface area contributed by atoms with Crippen molar-refractivity contribution in [2.24, 2.45) is 0 Å². The molecule has 0 saturated carbocycles. The topological polar surface area (TPSA) is 58.6 Å². The zero-order valence-electron chi connectivity index (χ0n) is 17.7. The zero-order valence-corrected chi connectivity index (χ0v) is 17.7. The minimum Gasteiger partial charge on any atom is -0.478 e. The molecule has 3 rings (SSSR count). The third kappa shape index (κ3) is 5.17. The van der Waals surface area contributed by atoms with E-state index in [0.717, 1.165) is 11.3 Å². The number of aryl methyl sites for hydroxylation is 1. The van der Waals surface area contributed by atoms with Gasteiger partial charge in [-0.2, -0.15) is 0 Å². The molecular weight excluding hydrogens is 364 g/mol. The van der Waals surface area contributed by atoms with Crippen molar-refractivity contribution in [2.45, 2.75) is 51.6 Å². The molecular formula is C24H30N2O3. The van der Waals surface area contributed by atoms with Crippen LogP contribution in [0.15, 0.2) is 48.5 Å². The highest BCUT2D eigenvalue weighted by molar-refractivity contribution is 5.99. The Bertz CT molecular complexity index is 868. The maximum atomic E-state index is 12.5. The van der Waals surface area contributed by atoms with Gasteiger partial charge in [-0.15, -0.1) is 0 Å². The molecule has 0 saturated heterocycles. The molecule has 1 aliphatic rings. The van der Waals surface area contributed by atoms with E-state index in [0.29, 0.717) is 31.6 Å². The number of anilines is 1. The van der Waals surface area contributed by atoms with Crippen LogP contribution in [0.4, 0.5) is 5.69 Å². The van der Waals surface area contributed by atoms with Crippen LogP contribution in [0.5, 0.6) is 5.75 Å². The van der Waals surface area contributed by atoms with E-state index in [1.165, 1.54) is 5.56 Å². The first-order chi connectivity index (χ1) is 13.8. The number of ether oxygens (including phenoxy) is 1. The van der Waals surface area contributed by atoms with E-state index in [-0.39, 0.29) is 17.2 Å². The summed E-state index contributed by atoms with van der Waals surface area (Å²) < 4.78 is 5.82. The summed E-state index contributed by atoms with van der Waals surface area (Å²) in [6.45, 7) is 6.97. The molecule has 1 unspecified atom stereocenters. The summed E-state index contributed by atoms with van der Waals surface area (Å²) in [5.41, 5.74) is 3.34. The lowest BCUT2D eigenvalue weighted by Gasteiger charge is -2.31. The molecule has 5 nitrogen and oxygen atoms in total. The van der Waals surface area contributed by atoms with E-state index < -0.39 is 6.10 Å². The Morgan fingerprint density at radius 1 is 1.10 bits per heavy atom. The van der Waals surface area contributed by atoms with Crippen LogP contribution in [0.2, 0.25) is 0 Å². The van der Waals surface area contributed by atoms with Crippen molar-refractivity contribution in [2.75, 3.05) is 18.5 Å². The first kappa shape index (κ1) is 20.9. The quantitative estimate of drug-likeness (QED) is 0.810. The Hall–Kier alpha value is -2.82. The van der Waals surface area contributed by atoms with Crippen LogP contribution in [-0.4, -0.2) is 31.5 Å². The standard InChI is InChI=1S/C24H30N2O3/c1-24(2,3)18-12-9-17(10-13-18)11-14-22(27)25-16-15-21-23(28)26(4)19-7-5-6-8-20(19)29-21/h5-10,12-13,21H,11,14-16H2,1-4H3,(H,25,27). The second-order valence-electron chi connectivity index (χ2n) is 8.56. The molecule has 29 heavy (non-hydrogen) atoms. The lowest BCUT2D eigenvalue weighted by molar-refractivity contribution is -0.127. The van der Waals surface area contributed by atoms with Gasteiger partial charge in [-0.05, 0) is 35.1 Å². The summed E-state index contributed by atoms with van der Waals surface area (Å²) in [6.07, 6.45) is 1.01. The highest BCUT2D eigenvalue weighted by Gasteiger charge is 2.31. The van der Waals surface area contributed by atoms with Gasteiger partial charge in [-0.3, -0.25) is 9.59 Å². The summed E-state index contributed by atoms with van der Waals surface area (Å²) in [6, 6.07) is 15.9. The monoisotopic (exact) mass is 394 g/mol. The molecule has 0 aromatic heterocycles. The number of benzene rings is 2. The fraction of sp³-hybridized carbons (Fsp3) is 0.417. The van der Waals surface area contributed by atoms with Crippen LogP contribution < -0.4 is 15.0 Å². The van der Waals surface area contributed by atoms with Gasteiger partial charge in [0.05, 0.1) is 5.69 Å². The number of likely N-dealkylation sites (N-methyl/N-ethyl adjacent to an activating group) is 1. The predicted octanol–water partition coefficient (Wildman–Crippen LogP) is 3.85. The van der Waals surface area contributed by atoms with Crippen molar-refractivity contribution in [1.29, 1.82) is 0 Å².